The van der Waals surface area contributed by atoms with Gasteiger partial charge in [-0.1, -0.05) is 17.7 Å². The number of nitrogens with zero attached hydrogens (tertiary/aromatic N) is 3. The zero-order valence-corrected chi connectivity index (χ0v) is 12.4. The quantitative estimate of drug-likeness (QED) is 0.827. The summed E-state index contributed by atoms with van der Waals surface area (Å²) in [4.78, 5) is 16.4. The maximum Gasteiger partial charge on any atom is 0.253 e. The molecular weight excluding hydrogens is 250 g/mol. The van der Waals surface area contributed by atoms with Gasteiger partial charge in [-0.05, 0) is 32.9 Å². The maximum atomic E-state index is 12.4. The second-order valence-electron chi connectivity index (χ2n) is 5.82. The number of amides is 1. The lowest BCUT2D eigenvalue weighted by molar-refractivity contribution is 0.0521. The summed E-state index contributed by atoms with van der Waals surface area (Å²) in [6.07, 6.45) is 0. The van der Waals surface area contributed by atoms with E-state index in [1.807, 2.05) is 49.9 Å². The van der Waals surface area contributed by atoms with Crippen molar-refractivity contribution in [2.24, 2.45) is 0 Å². The molecule has 0 bridgehead atoms. The lowest BCUT2D eigenvalue weighted by atomic mass is 10.0. The van der Waals surface area contributed by atoms with Gasteiger partial charge in [0.2, 0.25) is 0 Å². The summed E-state index contributed by atoms with van der Waals surface area (Å²) in [6, 6.07) is 9.99. The minimum Gasteiger partial charge on any atom is -0.336 e. The van der Waals surface area contributed by atoms with Crippen molar-refractivity contribution < 1.29 is 4.79 Å². The van der Waals surface area contributed by atoms with E-state index in [4.69, 9.17) is 5.26 Å². The van der Waals surface area contributed by atoms with Crippen LogP contribution in [0.3, 0.4) is 0 Å². The van der Waals surface area contributed by atoms with Gasteiger partial charge in [-0.15, -0.1) is 0 Å². The van der Waals surface area contributed by atoms with E-state index in [9.17, 15) is 4.79 Å². The molecule has 0 unspecified atom stereocenters. The zero-order valence-electron chi connectivity index (χ0n) is 12.4. The van der Waals surface area contributed by atoms with Crippen LogP contribution >= 0.6 is 0 Å². The summed E-state index contributed by atoms with van der Waals surface area (Å²) in [7, 11) is 0. The number of rotatable bonds is 2. The lowest BCUT2D eigenvalue weighted by Gasteiger charge is -2.40. The fourth-order valence-corrected chi connectivity index (χ4v) is 2.42. The predicted molar refractivity (Wildman–Crippen MR) is 78.3 cm³/mol. The number of carbonyl (C=O) groups excluding carboxylic acids is 1. The molecule has 4 heteroatoms. The van der Waals surface area contributed by atoms with E-state index in [0.717, 1.165) is 24.2 Å². The van der Waals surface area contributed by atoms with Crippen molar-refractivity contribution in [1.82, 2.24) is 9.80 Å². The van der Waals surface area contributed by atoms with Gasteiger partial charge in [0.1, 0.15) is 5.54 Å². The highest BCUT2D eigenvalue weighted by Crippen LogP contribution is 2.17. The van der Waals surface area contributed by atoms with E-state index in [1.165, 1.54) is 0 Å². The summed E-state index contributed by atoms with van der Waals surface area (Å²) < 4.78 is 0. The van der Waals surface area contributed by atoms with Crippen molar-refractivity contribution in [1.29, 1.82) is 5.26 Å². The van der Waals surface area contributed by atoms with Gasteiger partial charge in [0.05, 0.1) is 6.07 Å². The van der Waals surface area contributed by atoms with Crippen molar-refractivity contribution in [2.75, 3.05) is 26.2 Å². The van der Waals surface area contributed by atoms with Crippen LogP contribution in [0.15, 0.2) is 24.3 Å². The van der Waals surface area contributed by atoms with Crippen molar-refractivity contribution in [3.63, 3.8) is 0 Å². The Hall–Kier alpha value is -1.86. The van der Waals surface area contributed by atoms with Crippen LogP contribution in [0, 0.1) is 18.3 Å². The van der Waals surface area contributed by atoms with E-state index in [2.05, 4.69) is 11.0 Å². The molecular formula is C16H21N3O. The van der Waals surface area contributed by atoms with Crippen molar-refractivity contribution >= 4 is 5.91 Å². The fraction of sp³-hybridized carbons (Fsp3) is 0.500. The number of hydrogen-bond donors (Lipinski definition) is 0. The minimum atomic E-state index is -0.459. The van der Waals surface area contributed by atoms with E-state index < -0.39 is 5.54 Å². The molecule has 1 aliphatic heterocycles. The average Bonchev–Trinajstić information content (AvgIpc) is 2.47. The van der Waals surface area contributed by atoms with Crippen molar-refractivity contribution in [3.8, 4) is 6.07 Å². The Morgan fingerprint density at radius 1 is 1.15 bits per heavy atom. The normalized spacial score (nSPS) is 16.8. The first kappa shape index (κ1) is 14.5. The second kappa shape index (κ2) is 5.64. The van der Waals surface area contributed by atoms with Crippen LogP contribution in [0.1, 0.15) is 29.8 Å². The van der Waals surface area contributed by atoms with Gasteiger partial charge in [0.25, 0.3) is 5.91 Å². The summed E-state index contributed by atoms with van der Waals surface area (Å²) >= 11 is 0. The van der Waals surface area contributed by atoms with Gasteiger partial charge in [-0.25, -0.2) is 0 Å². The Morgan fingerprint density at radius 2 is 1.70 bits per heavy atom. The molecule has 1 fully saturated rings. The number of piperazine rings is 1. The van der Waals surface area contributed by atoms with Gasteiger partial charge in [-0.3, -0.25) is 9.69 Å². The fourth-order valence-electron chi connectivity index (χ4n) is 2.42. The molecule has 0 atom stereocenters. The maximum absolute atomic E-state index is 12.4. The largest absolute Gasteiger partial charge is 0.336 e. The summed E-state index contributed by atoms with van der Waals surface area (Å²) in [5.74, 6) is 0.0828. The minimum absolute atomic E-state index is 0.0828. The molecule has 1 amide bonds. The molecule has 1 aromatic carbocycles. The molecule has 20 heavy (non-hydrogen) atoms. The highest BCUT2D eigenvalue weighted by molar-refractivity contribution is 5.94. The first-order chi connectivity index (χ1) is 9.44. The summed E-state index contributed by atoms with van der Waals surface area (Å²) in [5, 5.41) is 9.15. The molecule has 2 rings (SSSR count). The second-order valence-corrected chi connectivity index (χ2v) is 5.82. The third-order valence-electron chi connectivity index (χ3n) is 3.93. The highest BCUT2D eigenvalue weighted by Gasteiger charge is 2.31. The highest BCUT2D eigenvalue weighted by atomic mass is 16.2. The zero-order chi connectivity index (χ0) is 14.8. The third kappa shape index (κ3) is 3.00. The van der Waals surface area contributed by atoms with E-state index in [-0.39, 0.29) is 5.91 Å². The molecule has 0 N–H and O–H groups in total. The molecule has 1 aliphatic rings. The average molecular weight is 271 g/mol. The van der Waals surface area contributed by atoms with Crippen LogP contribution in [0.4, 0.5) is 0 Å². The molecule has 0 aromatic heterocycles. The molecule has 0 spiro atoms. The SMILES string of the molecule is Cc1ccc(C(=O)N2CCN(C(C)(C)C#N)CC2)cc1. The lowest BCUT2D eigenvalue weighted by Crippen LogP contribution is -2.55. The van der Waals surface area contributed by atoms with E-state index >= 15 is 0 Å². The molecule has 0 radical (unpaired) electrons. The molecule has 106 valence electrons. The van der Waals surface area contributed by atoms with Crippen LogP contribution in [-0.4, -0.2) is 47.4 Å². The molecule has 1 saturated heterocycles. The molecule has 1 heterocycles. The third-order valence-corrected chi connectivity index (χ3v) is 3.93. The Kier molecular flexibility index (Phi) is 4.10. The Morgan fingerprint density at radius 3 is 2.20 bits per heavy atom. The standard InChI is InChI=1S/C16H21N3O/c1-13-4-6-14(7-5-13)15(20)18-8-10-19(11-9-18)16(2,3)12-17/h4-7H,8-11H2,1-3H3. The van der Waals surface area contributed by atoms with Crippen LogP contribution in [-0.2, 0) is 0 Å². The van der Waals surface area contributed by atoms with Gasteiger partial charge in [-0.2, -0.15) is 5.26 Å². The Bertz CT molecular complexity index is 520. The van der Waals surface area contributed by atoms with Crippen LogP contribution in [0.2, 0.25) is 0 Å². The van der Waals surface area contributed by atoms with Crippen molar-refractivity contribution in [3.05, 3.63) is 35.4 Å². The van der Waals surface area contributed by atoms with Crippen LogP contribution in [0.5, 0.6) is 0 Å². The van der Waals surface area contributed by atoms with E-state index in [0.29, 0.717) is 13.1 Å². The molecule has 0 saturated carbocycles. The van der Waals surface area contributed by atoms with E-state index in [1.54, 1.807) is 0 Å². The summed E-state index contributed by atoms with van der Waals surface area (Å²) in [6.45, 7) is 8.71. The van der Waals surface area contributed by atoms with Gasteiger partial charge in [0.15, 0.2) is 0 Å². The van der Waals surface area contributed by atoms with Crippen LogP contribution < -0.4 is 0 Å². The van der Waals surface area contributed by atoms with Gasteiger partial charge < -0.3 is 4.90 Å². The monoisotopic (exact) mass is 271 g/mol. The first-order valence-corrected chi connectivity index (χ1v) is 6.96. The summed E-state index contributed by atoms with van der Waals surface area (Å²) in [5.41, 5.74) is 1.43. The van der Waals surface area contributed by atoms with Crippen molar-refractivity contribution in [2.45, 2.75) is 26.3 Å². The first-order valence-electron chi connectivity index (χ1n) is 6.96. The number of carbonyl (C=O) groups is 1. The Labute approximate surface area is 120 Å². The molecule has 0 aliphatic carbocycles. The topological polar surface area (TPSA) is 47.3 Å². The smallest absolute Gasteiger partial charge is 0.253 e. The Balaban J connectivity index is 1.99. The molecule has 4 nitrogen and oxygen atoms in total. The van der Waals surface area contributed by atoms with Gasteiger partial charge >= 0.3 is 0 Å². The van der Waals surface area contributed by atoms with Crippen LogP contribution in [0.25, 0.3) is 0 Å². The number of aryl methyl sites for hydroxylation is 1. The number of nitriles is 1. The number of hydrogen-bond acceptors (Lipinski definition) is 3. The molecule has 1 aromatic rings. The van der Waals surface area contributed by atoms with Gasteiger partial charge in [0, 0.05) is 31.7 Å². The predicted octanol–water partition coefficient (Wildman–Crippen LogP) is 2.05. The number of benzene rings is 1.